The van der Waals surface area contributed by atoms with E-state index in [2.05, 4.69) is 26.1 Å². The van der Waals surface area contributed by atoms with E-state index < -0.39 is 0 Å². The maximum absolute atomic E-state index is 12.3. The molecule has 4 atom stereocenters. The Bertz CT molecular complexity index is 257. The van der Waals surface area contributed by atoms with Gasteiger partial charge < -0.3 is 11.1 Å². The normalized spacial score (nSPS) is 28.9. The summed E-state index contributed by atoms with van der Waals surface area (Å²) in [6.45, 7) is 7.42. The molecule has 0 saturated heterocycles. The van der Waals surface area contributed by atoms with Gasteiger partial charge in [-0.25, -0.2) is 0 Å². The first-order valence-corrected chi connectivity index (χ1v) is 8.13. The summed E-state index contributed by atoms with van der Waals surface area (Å²) in [6, 6.07) is 0.0551. The van der Waals surface area contributed by atoms with Crippen LogP contribution in [-0.2, 0) is 4.79 Å². The summed E-state index contributed by atoms with van der Waals surface area (Å²) in [6.07, 6.45) is 8.16. The SMILES string of the molecule is CCCCC(CC)CNC(=O)C1C(C)CCCC1N. The minimum Gasteiger partial charge on any atom is -0.356 e. The lowest BCUT2D eigenvalue weighted by atomic mass is 9.76. The molecule has 0 aromatic rings. The van der Waals surface area contributed by atoms with E-state index in [1.54, 1.807) is 0 Å². The average Bonchev–Trinajstić information content (AvgIpc) is 2.38. The number of nitrogens with one attached hydrogen (secondary N) is 1. The number of nitrogens with two attached hydrogens (primary N) is 1. The molecule has 0 bridgehead atoms. The van der Waals surface area contributed by atoms with E-state index >= 15 is 0 Å². The predicted molar refractivity (Wildman–Crippen MR) is 80.8 cm³/mol. The van der Waals surface area contributed by atoms with Crippen LogP contribution in [0.4, 0.5) is 0 Å². The lowest BCUT2D eigenvalue weighted by Gasteiger charge is -2.33. The van der Waals surface area contributed by atoms with Gasteiger partial charge in [-0.3, -0.25) is 4.79 Å². The number of carbonyl (C=O) groups is 1. The summed E-state index contributed by atoms with van der Waals surface area (Å²) in [5, 5.41) is 3.15. The van der Waals surface area contributed by atoms with Crippen molar-refractivity contribution in [2.24, 2.45) is 23.5 Å². The van der Waals surface area contributed by atoms with Gasteiger partial charge in [0, 0.05) is 12.6 Å². The quantitative estimate of drug-likeness (QED) is 0.745. The van der Waals surface area contributed by atoms with Crippen molar-refractivity contribution in [1.29, 1.82) is 0 Å². The fraction of sp³-hybridized carbons (Fsp3) is 0.938. The first kappa shape index (κ1) is 16.5. The molecule has 3 N–H and O–H groups in total. The van der Waals surface area contributed by atoms with Gasteiger partial charge in [0.25, 0.3) is 0 Å². The molecule has 4 unspecified atom stereocenters. The highest BCUT2D eigenvalue weighted by Crippen LogP contribution is 2.29. The van der Waals surface area contributed by atoms with Crippen LogP contribution >= 0.6 is 0 Å². The molecular formula is C16H32N2O. The van der Waals surface area contributed by atoms with Crippen LogP contribution < -0.4 is 11.1 Å². The third kappa shape index (κ3) is 5.13. The Morgan fingerprint density at radius 1 is 1.37 bits per heavy atom. The standard InChI is InChI=1S/C16H32N2O/c1-4-6-9-13(5-2)11-18-16(19)15-12(3)8-7-10-14(15)17/h12-15H,4-11,17H2,1-3H3,(H,18,19). The van der Waals surface area contributed by atoms with Crippen molar-refractivity contribution in [3.8, 4) is 0 Å². The lowest BCUT2D eigenvalue weighted by Crippen LogP contribution is -2.48. The van der Waals surface area contributed by atoms with E-state index in [0.717, 1.165) is 25.8 Å². The van der Waals surface area contributed by atoms with Gasteiger partial charge in [0.15, 0.2) is 0 Å². The van der Waals surface area contributed by atoms with Crippen molar-refractivity contribution in [2.45, 2.75) is 71.8 Å². The molecule has 19 heavy (non-hydrogen) atoms. The predicted octanol–water partition coefficient (Wildman–Crippen LogP) is 3.08. The van der Waals surface area contributed by atoms with Gasteiger partial charge in [-0.2, -0.15) is 0 Å². The number of hydrogen-bond donors (Lipinski definition) is 2. The zero-order chi connectivity index (χ0) is 14.3. The maximum Gasteiger partial charge on any atom is 0.224 e. The van der Waals surface area contributed by atoms with Gasteiger partial charge in [-0.15, -0.1) is 0 Å². The molecule has 0 aliphatic heterocycles. The van der Waals surface area contributed by atoms with E-state index in [4.69, 9.17) is 5.73 Å². The molecule has 1 aliphatic carbocycles. The zero-order valence-electron chi connectivity index (χ0n) is 13.0. The second-order valence-electron chi connectivity index (χ2n) is 6.26. The Balaban J connectivity index is 2.40. The number of carbonyl (C=O) groups excluding carboxylic acids is 1. The minimum atomic E-state index is 0.0254. The van der Waals surface area contributed by atoms with Gasteiger partial charge in [-0.05, 0) is 31.1 Å². The van der Waals surface area contributed by atoms with Gasteiger partial charge >= 0.3 is 0 Å². The zero-order valence-corrected chi connectivity index (χ0v) is 13.0. The van der Waals surface area contributed by atoms with Crippen molar-refractivity contribution < 1.29 is 4.79 Å². The van der Waals surface area contributed by atoms with E-state index in [9.17, 15) is 4.79 Å². The van der Waals surface area contributed by atoms with Crippen LogP contribution in [0.5, 0.6) is 0 Å². The molecule has 0 spiro atoms. The first-order chi connectivity index (χ1) is 9.10. The summed E-state index contributed by atoms with van der Waals surface area (Å²) in [4.78, 5) is 12.3. The van der Waals surface area contributed by atoms with Crippen LogP contribution in [0, 0.1) is 17.8 Å². The van der Waals surface area contributed by atoms with Crippen molar-refractivity contribution in [2.75, 3.05) is 6.54 Å². The second-order valence-corrected chi connectivity index (χ2v) is 6.26. The summed E-state index contributed by atoms with van der Waals surface area (Å²) in [5.74, 6) is 1.27. The van der Waals surface area contributed by atoms with Crippen LogP contribution in [0.25, 0.3) is 0 Å². The minimum absolute atomic E-state index is 0.0254. The van der Waals surface area contributed by atoms with Crippen molar-refractivity contribution in [3.05, 3.63) is 0 Å². The van der Waals surface area contributed by atoms with E-state index in [1.165, 1.54) is 25.7 Å². The smallest absolute Gasteiger partial charge is 0.224 e. The van der Waals surface area contributed by atoms with Gasteiger partial charge in [0.1, 0.15) is 0 Å². The average molecular weight is 268 g/mol. The van der Waals surface area contributed by atoms with Crippen LogP contribution in [0.2, 0.25) is 0 Å². The fourth-order valence-corrected chi connectivity index (χ4v) is 3.22. The highest BCUT2D eigenvalue weighted by Gasteiger charge is 2.33. The molecule has 0 aromatic carbocycles. The van der Waals surface area contributed by atoms with Gasteiger partial charge in [-0.1, -0.05) is 46.5 Å². The summed E-state index contributed by atoms with van der Waals surface area (Å²) < 4.78 is 0. The third-order valence-electron chi connectivity index (χ3n) is 4.68. The molecule has 0 heterocycles. The largest absolute Gasteiger partial charge is 0.356 e. The molecule has 1 aliphatic rings. The van der Waals surface area contributed by atoms with Gasteiger partial charge in [0.05, 0.1) is 5.92 Å². The van der Waals surface area contributed by atoms with Gasteiger partial charge in [0.2, 0.25) is 5.91 Å². The fourth-order valence-electron chi connectivity index (χ4n) is 3.22. The number of amides is 1. The van der Waals surface area contributed by atoms with Crippen LogP contribution in [0.3, 0.4) is 0 Å². The molecule has 1 amide bonds. The highest BCUT2D eigenvalue weighted by molar-refractivity contribution is 5.79. The molecule has 1 saturated carbocycles. The first-order valence-electron chi connectivity index (χ1n) is 8.13. The van der Waals surface area contributed by atoms with E-state index in [0.29, 0.717) is 11.8 Å². The maximum atomic E-state index is 12.3. The molecule has 1 fully saturated rings. The molecule has 0 radical (unpaired) electrons. The third-order valence-corrected chi connectivity index (χ3v) is 4.68. The summed E-state index contributed by atoms with van der Waals surface area (Å²) in [7, 11) is 0. The molecular weight excluding hydrogens is 236 g/mol. The monoisotopic (exact) mass is 268 g/mol. The lowest BCUT2D eigenvalue weighted by molar-refractivity contribution is -0.128. The Labute approximate surface area is 118 Å². The Hall–Kier alpha value is -0.570. The summed E-state index contributed by atoms with van der Waals surface area (Å²) in [5.41, 5.74) is 6.13. The molecule has 1 rings (SSSR count). The van der Waals surface area contributed by atoms with Crippen LogP contribution in [0.1, 0.15) is 65.7 Å². The highest BCUT2D eigenvalue weighted by atomic mass is 16.1. The van der Waals surface area contributed by atoms with Crippen molar-refractivity contribution in [3.63, 3.8) is 0 Å². The summed E-state index contributed by atoms with van der Waals surface area (Å²) >= 11 is 0. The Morgan fingerprint density at radius 2 is 2.11 bits per heavy atom. The molecule has 3 heteroatoms. The van der Waals surface area contributed by atoms with E-state index in [1.807, 2.05) is 0 Å². The van der Waals surface area contributed by atoms with Crippen LogP contribution in [-0.4, -0.2) is 18.5 Å². The Kier molecular flexibility index (Phi) is 7.44. The molecule has 3 nitrogen and oxygen atoms in total. The molecule has 0 aromatic heterocycles. The number of unbranched alkanes of at least 4 members (excludes halogenated alkanes) is 1. The number of rotatable bonds is 7. The molecule has 112 valence electrons. The van der Waals surface area contributed by atoms with Crippen molar-refractivity contribution >= 4 is 5.91 Å². The second kappa shape index (κ2) is 8.57. The van der Waals surface area contributed by atoms with E-state index in [-0.39, 0.29) is 17.9 Å². The Morgan fingerprint density at radius 3 is 2.68 bits per heavy atom. The topological polar surface area (TPSA) is 55.1 Å². The van der Waals surface area contributed by atoms with Crippen LogP contribution in [0.15, 0.2) is 0 Å². The van der Waals surface area contributed by atoms with Crippen molar-refractivity contribution in [1.82, 2.24) is 5.32 Å². The number of hydrogen-bond acceptors (Lipinski definition) is 2.